The second-order valence-corrected chi connectivity index (χ2v) is 10.0. The van der Waals surface area contributed by atoms with E-state index in [0.29, 0.717) is 28.4 Å². The van der Waals surface area contributed by atoms with E-state index in [4.69, 9.17) is 17.3 Å². The number of carboxylic acids is 1. The number of carbonyl (C=O) groups is 3. The van der Waals surface area contributed by atoms with E-state index in [2.05, 4.69) is 34.3 Å². The number of carboxylic acid groups (broad SMARTS) is 1. The van der Waals surface area contributed by atoms with Crippen LogP contribution in [0.1, 0.15) is 41.5 Å². The van der Waals surface area contributed by atoms with E-state index in [0.717, 1.165) is 19.4 Å². The average molecular weight is 606 g/mol. The molecule has 2 amide bonds. The standard InChI is InChI=1S/C30H31ClN4O4.Ni/c1-19-8-5-6-11-21(19)18-35-15-7-12-26(35)29(37)34-24-14-13-22(31)16-23(24)28(20-9-3-2-4-10-20)33-25(30(38)39)17-27(32)36;/h2-6,8-11,13-14,16,25-26H,7,12,15,17-18H2,1H3,(H2,32,36)(H,34,37)(H,38,39);/q;+2/t25-,26?;/m1./s1. The number of anilines is 1. The van der Waals surface area contributed by atoms with Gasteiger partial charge in [-0.05, 0) is 55.6 Å². The summed E-state index contributed by atoms with van der Waals surface area (Å²) in [7, 11) is 0. The van der Waals surface area contributed by atoms with Crippen LogP contribution in [0.2, 0.25) is 5.02 Å². The maximum absolute atomic E-state index is 13.6. The first-order valence-electron chi connectivity index (χ1n) is 12.8. The largest absolute Gasteiger partial charge is 2.00 e. The zero-order chi connectivity index (χ0) is 27.9. The maximum Gasteiger partial charge on any atom is 2.00 e. The Morgan fingerprint density at radius 1 is 1.10 bits per heavy atom. The molecule has 1 unspecified atom stereocenters. The predicted octanol–water partition coefficient (Wildman–Crippen LogP) is 4.42. The molecule has 10 heteroatoms. The van der Waals surface area contributed by atoms with Crippen LogP contribution in [-0.4, -0.2) is 52.1 Å². The van der Waals surface area contributed by atoms with Crippen molar-refractivity contribution in [3.8, 4) is 0 Å². The summed E-state index contributed by atoms with van der Waals surface area (Å²) in [4.78, 5) is 43.7. The number of likely N-dealkylation sites (tertiary alicyclic amines) is 1. The number of nitrogens with zero attached hydrogens (tertiary/aromatic N) is 2. The minimum atomic E-state index is -1.40. The smallest absolute Gasteiger partial charge is 0.480 e. The quantitative estimate of drug-likeness (QED) is 0.233. The minimum Gasteiger partial charge on any atom is -0.480 e. The predicted molar refractivity (Wildman–Crippen MR) is 152 cm³/mol. The van der Waals surface area contributed by atoms with Crippen LogP contribution in [0.5, 0.6) is 0 Å². The van der Waals surface area contributed by atoms with E-state index in [1.54, 1.807) is 42.5 Å². The number of rotatable bonds is 10. The summed E-state index contributed by atoms with van der Waals surface area (Å²) >= 11 is 6.36. The third-order valence-electron chi connectivity index (χ3n) is 6.81. The Kier molecular flexibility index (Phi) is 11.0. The fraction of sp³-hybridized carbons (Fsp3) is 0.267. The monoisotopic (exact) mass is 604 g/mol. The molecule has 3 aromatic carbocycles. The molecule has 0 spiro atoms. The molecule has 8 nitrogen and oxygen atoms in total. The summed E-state index contributed by atoms with van der Waals surface area (Å²) in [6.07, 6.45) is 1.16. The molecular formula is C30H31ClN4NiO4+2. The van der Waals surface area contributed by atoms with E-state index < -0.39 is 24.3 Å². The van der Waals surface area contributed by atoms with Crippen molar-refractivity contribution in [1.29, 1.82) is 0 Å². The summed E-state index contributed by atoms with van der Waals surface area (Å²) in [6, 6.07) is 20.3. The van der Waals surface area contributed by atoms with Gasteiger partial charge in [-0.2, -0.15) is 0 Å². The maximum atomic E-state index is 13.6. The number of aryl methyl sites for hydroxylation is 1. The van der Waals surface area contributed by atoms with E-state index >= 15 is 0 Å². The molecule has 1 saturated heterocycles. The van der Waals surface area contributed by atoms with Crippen molar-refractivity contribution >= 4 is 40.8 Å². The number of primary amides is 1. The summed E-state index contributed by atoms with van der Waals surface area (Å²) in [5.41, 5.74) is 9.43. The number of nitrogens with two attached hydrogens (primary N) is 1. The third kappa shape index (κ3) is 7.78. The van der Waals surface area contributed by atoms with Gasteiger partial charge in [0.1, 0.15) is 0 Å². The van der Waals surface area contributed by atoms with E-state index in [9.17, 15) is 19.5 Å². The van der Waals surface area contributed by atoms with Gasteiger partial charge in [-0.3, -0.25) is 19.5 Å². The molecule has 0 radical (unpaired) electrons. The zero-order valence-corrected chi connectivity index (χ0v) is 23.7. The zero-order valence-electron chi connectivity index (χ0n) is 22.0. The van der Waals surface area contributed by atoms with Crippen molar-refractivity contribution in [1.82, 2.24) is 4.90 Å². The van der Waals surface area contributed by atoms with Gasteiger partial charge in [0.25, 0.3) is 0 Å². The fourth-order valence-corrected chi connectivity index (χ4v) is 4.96. The second kappa shape index (κ2) is 14.2. The van der Waals surface area contributed by atoms with Crippen molar-refractivity contribution in [3.63, 3.8) is 0 Å². The first-order valence-corrected chi connectivity index (χ1v) is 13.1. The molecule has 1 aliphatic rings. The van der Waals surface area contributed by atoms with E-state index in [1.165, 1.54) is 11.1 Å². The van der Waals surface area contributed by atoms with Gasteiger partial charge in [-0.1, -0.05) is 66.2 Å². The number of carbonyl (C=O) groups excluding carboxylic acids is 2. The number of hydrogen-bond acceptors (Lipinski definition) is 5. The van der Waals surface area contributed by atoms with Gasteiger partial charge < -0.3 is 16.2 Å². The molecule has 0 bridgehead atoms. The number of halogens is 1. The minimum absolute atomic E-state index is 0. The Balaban J connectivity index is 0.00000441. The molecule has 4 rings (SSSR count). The van der Waals surface area contributed by atoms with Crippen LogP contribution in [0, 0.1) is 6.92 Å². The topological polar surface area (TPSA) is 125 Å². The molecule has 2 atom stereocenters. The van der Waals surface area contributed by atoms with Crippen molar-refractivity contribution in [2.75, 3.05) is 11.9 Å². The number of hydrogen-bond donors (Lipinski definition) is 3. The molecule has 1 aliphatic heterocycles. The van der Waals surface area contributed by atoms with Crippen LogP contribution in [-0.2, 0) is 37.4 Å². The van der Waals surface area contributed by atoms with Gasteiger partial charge in [0, 0.05) is 22.7 Å². The van der Waals surface area contributed by atoms with Gasteiger partial charge in [-0.15, -0.1) is 0 Å². The average Bonchev–Trinajstić information content (AvgIpc) is 3.37. The molecular weight excluding hydrogens is 575 g/mol. The molecule has 0 aromatic heterocycles. The first kappa shape index (κ1) is 31.0. The van der Waals surface area contributed by atoms with Crippen molar-refractivity contribution in [3.05, 3.63) is 100 Å². The normalized spacial score (nSPS) is 16.1. The molecule has 0 saturated carbocycles. The molecule has 4 N–H and O–H groups in total. The van der Waals surface area contributed by atoms with Crippen molar-refractivity contribution < 1.29 is 36.0 Å². The summed E-state index contributed by atoms with van der Waals surface area (Å²) in [5.74, 6) is -2.23. The van der Waals surface area contributed by atoms with Crippen LogP contribution in [0.4, 0.5) is 5.69 Å². The Labute approximate surface area is 248 Å². The van der Waals surface area contributed by atoms with Crippen molar-refractivity contribution in [2.45, 2.75) is 44.8 Å². The Hall–Kier alpha value is -3.52. The first-order chi connectivity index (χ1) is 18.7. The van der Waals surface area contributed by atoms with Crippen LogP contribution in [0.3, 0.4) is 0 Å². The molecule has 3 aromatic rings. The van der Waals surface area contributed by atoms with Crippen LogP contribution < -0.4 is 11.1 Å². The Morgan fingerprint density at radius 3 is 2.48 bits per heavy atom. The van der Waals surface area contributed by atoms with Gasteiger partial charge in [0.2, 0.25) is 11.8 Å². The summed E-state index contributed by atoms with van der Waals surface area (Å²) in [5, 5.41) is 13.2. The number of aliphatic carboxylic acids is 1. The fourth-order valence-electron chi connectivity index (χ4n) is 4.79. The van der Waals surface area contributed by atoms with Gasteiger partial charge in [0.05, 0.1) is 23.9 Å². The Morgan fingerprint density at radius 2 is 1.80 bits per heavy atom. The SMILES string of the molecule is Cc1ccccc1CN1CCCC1C(=O)Nc1ccc(Cl)cc1C(=N[C@H](CC(N)=O)C(=O)O)c1ccccc1.[Ni+2]. The van der Waals surface area contributed by atoms with Crippen molar-refractivity contribution in [2.24, 2.45) is 10.7 Å². The summed E-state index contributed by atoms with van der Waals surface area (Å²) in [6.45, 7) is 3.54. The van der Waals surface area contributed by atoms with E-state index in [-0.39, 0.29) is 34.2 Å². The van der Waals surface area contributed by atoms with Crippen LogP contribution in [0.25, 0.3) is 0 Å². The Bertz CT molecular complexity index is 1400. The third-order valence-corrected chi connectivity index (χ3v) is 7.04. The summed E-state index contributed by atoms with van der Waals surface area (Å²) < 4.78 is 0. The van der Waals surface area contributed by atoms with Crippen LogP contribution in [0.15, 0.2) is 77.8 Å². The number of benzene rings is 3. The number of aliphatic imine (C=N–C) groups is 1. The van der Waals surface area contributed by atoms with Gasteiger partial charge >= 0.3 is 22.5 Å². The van der Waals surface area contributed by atoms with Gasteiger partial charge in [-0.25, -0.2) is 4.79 Å². The number of amides is 2. The molecule has 40 heavy (non-hydrogen) atoms. The molecule has 1 heterocycles. The molecule has 0 aliphatic carbocycles. The molecule has 210 valence electrons. The second-order valence-electron chi connectivity index (χ2n) is 9.60. The van der Waals surface area contributed by atoms with E-state index in [1.807, 2.05) is 18.2 Å². The number of nitrogens with one attached hydrogen (secondary N) is 1. The van der Waals surface area contributed by atoms with Crippen LogP contribution >= 0.6 is 11.6 Å². The molecule has 1 fully saturated rings. The van der Waals surface area contributed by atoms with Gasteiger partial charge in [0.15, 0.2) is 6.04 Å².